The molecule has 1 aliphatic heterocycles. The fraction of sp³-hybridized carbons (Fsp3) is 0.273. The van der Waals surface area contributed by atoms with Crippen LogP contribution in [0, 0.1) is 0 Å². The minimum atomic E-state index is -0.120. The topological polar surface area (TPSA) is 75.9 Å². The predicted octanol–water partition coefficient (Wildman–Crippen LogP) is 5.36. The molecule has 0 atom stereocenters. The fourth-order valence-electron chi connectivity index (χ4n) is 3.25. The zero-order chi connectivity index (χ0) is 20.9. The van der Waals surface area contributed by atoms with Gasteiger partial charge in [0.15, 0.2) is 0 Å². The van der Waals surface area contributed by atoms with E-state index < -0.39 is 0 Å². The predicted molar refractivity (Wildman–Crippen MR) is 123 cm³/mol. The van der Waals surface area contributed by atoms with Crippen molar-refractivity contribution in [1.82, 2.24) is 10.3 Å². The van der Waals surface area contributed by atoms with E-state index in [0.717, 1.165) is 46.7 Å². The number of halogens is 1. The highest BCUT2D eigenvalue weighted by Gasteiger charge is 2.13. The number of aromatic nitrogens is 1. The molecular weight excluding hydrogens is 420 g/mol. The zero-order valence-corrected chi connectivity index (χ0v) is 18.1. The second-order valence-corrected chi connectivity index (χ2v) is 8.52. The first-order valence-electron chi connectivity index (χ1n) is 9.83. The Hall–Kier alpha value is -2.77. The highest BCUT2D eigenvalue weighted by molar-refractivity contribution is 7.19. The van der Waals surface area contributed by atoms with Crippen LogP contribution in [0.5, 0.6) is 5.75 Å². The molecule has 3 aromatic rings. The third kappa shape index (κ3) is 4.68. The molecule has 0 saturated carbocycles. The van der Waals surface area contributed by atoms with Crippen molar-refractivity contribution in [2.45, 2.75) is 26.2 Å². The third-order valence-electron chi connectivity index (χ3n) is 4.69. The number of pyridine rings is 1. The van der Waals surface area contributed by atoms with Gasteiger partial charge in [-0.2, -0.15) is 10.2 Å². The summed E-state index contributed by atoms with van der Waals surface area (Å²) in [7, 11) is 0. The van der Waals surface area contributed by atoms with Gasteiger partial charge in [0.2, 0.25) is 0 Å². The number of benzene rings is 1. The summed E-state index contributed by atoms with van der Waals surface area (Å²) in [5.41, 5.74) is 3.12. The maximum Gasteiger partial charge on any atom is 0.251 e. The van der Waals surface area contributed by atoms with Crippen LogP contribution in [0.4, 0.5) is 0 Å². The van der Waals surface area contributed by atoms with Crippen molar-refractivity contribution in [2.75, 3.05) is 13.2 Å². The van der Waals surface area contributed by atoms with Gasteiger partial charge in [0.1, 0.15) is 5.75 Å². The molecule has 154 valence electrons. The summed E-state index contributed by atoms with van der Waals surface area (Å²) >= 11 is 7.55. The van der Waals surface area contributed by atoms with Gasteiger partial charge in [-0.1, -0.05) is 11.6 Å². The van der Waals surface area contributed by atoms with Crippen molar-refractivity contribution < 1.29 is 9.53 Å². The molecule has 6 nitrogen and oxygen atoms in total. The van der Waals surface area contributed by atoms with Crippen LogP contribution >= 0.6 is 22.9 Å². The molecule has 2 aromatic heterocycles. The molecule has 0 fully saturated rings. The maximum absolute atomic E-state index is 12.6. The van der Waals surface area contributed by atoms with Crippen LogP contribution in [0.1, 0.15) is 36.5 Å². The summed E-state index contributed by atoms with van der Waals surface area (Å²) < 4.78 is 6.53. The number of carbonyl (C=O) groups is 1. The molecule has 1 aliphatic rings. The SMILES string of the molecule is CCOc1cc(-c2ccc(Cl)s2)nc2cc(C(=O)NCCCC3=NN=CC3)ccc12. The Morgan fingerprint density at radius 2 is 2.17 bits per heavy atom. The molecule has 3 heterocycles. The first-order chi connectivity index (χ1) is 14.6. The number of fused-ring (bicyclic) bond motifs is 1. The second-order valence-electron chi connectivity index (χ2n) is 6.80. The average molecular weight is 441 g/mol. The molecule has 0 unspecified atom stereocenters. The largest absolute Gasteiger partial charge is 0.493 e. The number of ether oxygens (including phenoxy) is 1. The molecule has 30 heavy (non-hydrogen) atoms. The molecule has 4 rings (SSSR count). The molecular formula is C22H21ClN4O2S. The van der Waals surface area contributed by atoms with Gasteiger partial charge < -0.3 is 10.1 Å². The Kier molecular flexibility index (Phi) is 6.40. The van der Waals surface area contributed by atoms with Gasteiger partial charge in [-0.15, -0.1) is 11.3 Å². The zero-order valence-electron chi connectivity index (χ0n) is 16.5. The average Bonchev–Trinajstić information content (AvgIpc) is 3.42. The number of thiophene rings is 1. The first kappa shape index (κ1) is 20.5. The van der Waals surface area contributed by atoms with Crippen LogP contribution < -0.4 is 10.1 Å². The lowest BCUT2D eigenvalue weighted by molar-refractivity contribution is 0.0953. The smallest absolute Gasteiger partial charge is 0.251 e. The molecule has 0 bridgehead atoms. The van der Waals surface area contributed by atoms with Crippen molar-refractivity contribution >= 4 is 51.7 Å². The number of hydrogen-bond acceptors (Lipinski definition) is 6. The third-order valence-corrected chi connectivity index (χ3v) is 5.95. The van der Waals surface area contributed by atoms with Crippen molar-refractivity contribution in [3.63, 3.8) is 0 Å². The molecule has 0 spiro atoms. The van der Waals surface area contributed by atoms with Crippen LogP contribution in [-0.4, -0.2) is 36.0 Å². The van der Waals surface area contributed by atoms with Crippen molar-refractivity contribution in [3.8, 4) is 16.3 Å². The number of rotatable bonds is 8. The van der Waals surface area contributed by atoms with E-state index in [1.807, 2.05) is 31.2 Å². The quantitative estimate of drug-likeness (QED) is 0.479. The van der Waals surface area contributed by atoms with Crippen molar-refractivity contribution in [3.05, 3.63) is 46.3 Å². The summed E-state index contributed by atoms with van der Waals surface area (Å²) in [5.74, 6) is 0.624. The van der Waals surface area contributed by atoms with E-state index in [-0.39, 0.29) is 5.91 Å². The maximum atomic E-state index is 12.6. The Morgan fingerprint density at radius 1 is 1.27 bits per heavy atom. The number of nitrogens with one attached hydrogen (secondary N) is 1. The van der Waals surface area contributed by atoms with E-state index in [1.165, 1.54) is 11.3 Å². The van der Waals surface area contributed by atoms with Crippen LogP contribution in [0.3, 0.4) is 0 Å². The van der Waals surface area contributed by atoms with Gasteiger partial charge >= 0.3 is 0 Å². The number of carbonyl (C=O) groups excluding carboxylic acids is 1. The first-order valence-corrected chi connectivity index (χ1v) is 11.0. The lowest BCUT2D eigenvalue weighted by Gasteiger charge is -2.11. The normalized spacial score (nSPS) is 12.9. The molecule has 0 aliphatic carbocycles. The minimum absolute atomic E-state index is 0.120. The summed E-state index contributed by atoms with van der Waals surface area (Å²) in [6.45, 7) is 3.07. The Labute approximate surface area is 183 Å². The Bertz CT molecular complexity index is 1140. The summed E-state index contributed by atoms with van der Waals surface area (Å²) in [4.78, 5) is 18.3. The van der Waals surface area contributed by atoms with E-state index in [1.54, 1.807) is 18.3 Å². The van der Waals surface area contributed by atoms with E-state index in [4.69, 9.17) is 21.3 Å². The summed E-state index contributed by atoms with van der Waals surface area (Å²) in [5, 5.41) is 11.7. The van der Waals surface area contributed by atoms with Crippen LogP contribution in [0.25, 0.3) is 21.5 Å². The molecule has 0 radical (unpaired) electrons. The van der Waals surface area contributed by atoms with E-state index in [2.05, 4.69) is 15.5 Å². The molecule has 1 amide bonds. The summed E-state index contributed by atoms with van der Waals surface area (Å²) in [6, 6.07) is 11.2. The number of nitrogens with zero attached hydrogens (tertiary/aromatic N) is 3. The van der Waals surface area contributed by atoms with Gasteiger partial charge in [0.25, 0.3) is 5.91 Å². The highest BCUT2D eigenvalue weighted by atomic mass is 35.5. The minimum Gasteiger partial charge on any atom is -0.493 e. The van der Waals surface area contributed by atoms with Gasteiger partial charge in [-0.25, -0.2) is 4.98 Å². The Balaban J connectivity index is 1.53. The van der Waals surface area contributed by atoms with E-state index in [0.29, 0.717) is 28.6 Å². The fourth-order valence-corrected chi connectivity index (χ4v) is 4.25. The highest BCUT2D eigenvalue weighted by Crippen LogP contribution is 2.35. The lowest BCUT2D eigenvalue weighted by atomic mass is 10.1. The molecule has 1 N–H and O–H groups in total. The van der Waals surface area contributed by atoms with Gasteiger partial charge in [0, 0.05) is 41.9 Å². The van der Waals surface area contributed by atoms with Gasteiger partial charge in [-0.05, 0) is 50.1 Å². The number of amides is 1. The van der Waals surface area contributed by atoms with Crippen LogP contribution in [-0.2, 0) is 0 Å². The second kappa shape index (κ2) is 9.36. The van der Waals surface area contributed by atoms with Crippen molar-refractivity contribution in [1.29, 1.82) is 0 Å². The van der Waals surface area contributed by atoms with E-state index in [9.17, 15) is 4.79 Å². The van der Waals surface area contributed by atoms with Gasteiger partial charge in [-0.3, -0.25) is 4.79 Å². The Morgan fingerprint density at radius 3 is 2.90 bits per heavy atom. The monoisotopic (exact) mass is 440 g/mol. The van der Waals surface area contributed by atoms with Crippen LogP contribution in [0.2, 0.25) is 4.34 Å². The molecule has 1 aromatic carbocycles. The van der Waals surface area contributed by atoms with Crippen molar-refractivity contribution in [2.24, 2.45) is 10.2 Å². The number of hydrogen-bond donors (Lipinski definition) is 1. The van der Waals surface area contributed by atoms with Crippen LogP contribution in [0.15, 0.2) is 46.6 Å². The van der Waals surface area contributed by atoms with E-state index >= 15 is 0 Å². The molecule has 0 saturated heterocycles. The molecule has 8 heteroatoms. The standard InChI is InChI=1S/C22H21ClN4O2S/c1-2-29-19-13-18(20-7-8-21(23)30-20)26-17-12-14(5-6-16(17)19)22(28)24-10-3-4-15-9-11-25-27-15/h5-8,11-13H,2-4,9-10H2,1H3,(H,24,28). The van der Waals surface area contributed by atoms with Gasteiger partial charge in [0.05, 0.1) is 27.0 Å². The lowest BCUT2D eigenvalue weighted by Crippen LogP contribution is -2.24. The summed E-state index contributed by atoms with van der Waals surface area (Å²) in [6.07, 6.45) is 4.27.